The van der Waals surface area contributed by atoms with Gasteiger partial charge < -0.3 is 4.74 Å². The average molecular weight is 384 g/mol. The minimum Gasteiger partial charge on any atom is -0.463 e. The molecule has 28 heavy (non-hydrogen) atoms. The summed E-state index contributed by atoms with van der Waals surface area (Å²) in [4.78, 5) is 25.0. The number of allylic oxidation sites excluding steroid dienone is 2. The molecule has 4 nitrogen and oxygen atoms in total. The van der Waals surface area contributed by atoms with Crippen LogP contribution in [0.3, 0.4) is 0 Å². The zero-order valence-corrected chi connectivity index (χ0v) is 17.7. The van der Waals surface area contributed by atoms with Crippen molar-refractivity contribution >= 4 is 11.8 Å². The fourth-order valence-electron chi connectivity index (χ4n) is 7.88. The summed E-state index contributed by atoms with van der Waals surface area (Å²) in [5.41, 5.74) is 2.00. The molecule has 0 saturated heterocycles. The highest BCUT2D eigenvalue weighted by Crippen LogP contribution is 2.66. The van der Waals surface area contributed by atoms with E-state index in [2.05, 4.69) is 19.9 Å². The number of nitrogens with zero attached hydrogens (tertiary/aromatic N) is 1. The van der Waals surface area contributed by atoms with E-state index in [1.54, 1.807) is 0 Å². The lowest BCUT2D eigenvalue weighted by molar-refractivity contribution is -0.166. The van der Waals surface area contributed by atoms with Crippen LogP contribution >= 0.6 is 0 Å². The second-order valence-corrected chi connectivity index (χ2v) is 10.3. The van der Waals surface area contributed by atoms with Crippen LogP contribution in [0, 0.1) is 45.8 Å². The van der Waals surface area contributed by atoms with Crippen LogP contribution in [0.2, 0.25) is 0 Å². The van der Waals surface area contributed by atoms with Gasteiger partial charge in [-0.15, -0.1) is 0 Å². The summed E-state index contributed by atoms with van der Waals surface area (Å²) in [7, 11) is 0. The molecule has 0 bridgehead atoms. The van der Waals surface area contributed by atoms with Crippen molar-refractivity contribution in [2.45, 2.75) is 85.2 Å². The molecule has 4 aliphatic carbocycles. The lowest BCUT2D eigenvalue weighted by Crippen LogP contribution is -2.57. The maximum absolute atomic E-state index is 13.6. The molecule has 4 rings (SSSR count). The molecule has 0 unspecified atom stereocenters. The van der Waals surface area contributed by atoms with Crippen LogP contribution in [0.4, 0.5) is 0 Å². The average Bonchev–Trinajstić information content (AvgIpc) is 2.97. The molecule has 0 N–H and O–H groups in total. The van der Waals surface area contributed by atoms with Gasteiger partial charge in [0.1, 0.15) is 11.9 Å². The van der Waals surface area contributed by atoms with E-state index in [0.717, 1.165) is 50.5 Å². The predicted molar refractivity (Wildman–Crippen MR) is 106 cm³/mol. The maximum atomic E-state index is 13.6. The summed E-state index contributed by atoms with van der Waals surface area (Å²) >= 11 is 0. The summed E-state index contributed by atoms with van der Waals surface area (Å²) in [6.45, 7) is 8.00. The molecule has 0 aromatic carbocycles. The molecule has 4 aliphatic rings. The quantitative estimate of drug-likeness (QED) is 0.473. The lowest BCUT2D eigenvalue weighted by Gasteiger charge is -2.59. The van der Waals surface area contributed by atoms with Crippen molar-refractivity contribution in [1.29, 1.82) is 5.26 Å². The summed E-state index contributed by atoms with van der Waals surface area (Å²) in [6.07, 6.45) is 7.72. The highest BCUT2D eigenvalue weighted by atomic mass is 16.5. The number of fused-ring (bicyclic) bond motifs is 5. The molecule has 0 heterocycles. The van der Waals surface area contributed by atoms with Gasteiger partial charge in [0.15, 0.2) is 0 Å². The van der Waals surface area contributed by atoms with E-state index >= 15 is 0 Å². The van der Waals surface area contributed by atoms with Gasteiger partial charge in [-0.3, -0.25) is 9.59 Å². The minimum atomic E-state index is -0.190. The molecule has 0 aliphatic heterocycles. The molecule has 4 fully saturated rings. The fraction of sp³-hybridized carbons (Fsp3) is 0.792. The molecule has 4 saturated carbocycles. The number of hydrogen-bond donors (Lipinski definition) is 0. The molecule has 0 aromatic rings. The van der Waals surface area contributed by atoms with Gasteiger partial charge in [-0.1, -0.05) is 19.4 Å². The van der Waals surface area contributed by atoms with Crippen molar-refractivity contribution < 1.29 is 14.3 Å². The van der Waals surface area contributed by atoms with E-state index in [1.807, 2.05) is 6.92 Å². The first-order valence-electron chi connectivity index (χ1n) is 11.0. The standard InChI is InChI=1S/C24H33NO3/c1-14(13-25)19-7-8-20-18-6-5-16-11-17(28-15(2)26)9-10-23(16,3)22(18)21(27)12-24(19,20)4/h16-18,20,22H,5-12H2,1-4H3/t16-,17+,18-,20-,22+,23-,24+/m0/s1. The van der Waals surface area contributed by atoms with Crippen molar-refractivity contribution in [1.82, 2.24) is 0 Å². The van der Waals surface area contributed by atoms with Crippen LogP contribution in [0.25, 0.3) is 0 Å². The highest BCUT2D eigenvalue weighted by Gasteiger charge is 2.62. The number of carbonyl (C=O) groups excluding carboxylic acids is 2. The molecule has 0 aromatic heterocycles. The number of carbonyl (C=O) groups is 2. The number of Topliss-reactive ketones (excluding diaryl/α,β-unsaturated/α-hetero) is 1. The summed E-state index contributed by atoms with van der Waals surface area (Å²) in [5.74, 6) is 1.82. The van der Waals surface area contributed by atoms with Crippen molar-refractivity contribution in [2.75, 3.05) is 0 Å². The molecule has 4 heteroatoms. The van der Waals surface area contributed by atoms with E-state index in [0.29, 0.717) is 30.0 Å². The van der Waals surface area contributed by atoms with Crippen LogP contribution in [-0.4, -0.2) is 17.9 Å². The van der Waals surface area contributed by atoms with Crippen LogP contribution in [0.5, 0.6) is 0 Å². The first-order chi connectivity index (χ1) is 13.2. The van der Waals surface area contributed by atoms with Crippen molar-refractivity contribution in [2.24, 2.45) is 34.5 Å². The SMILES string of the molecule is CC(=O)O[C@@H]1CC[C@@]2(C)[C@@H](CC[C@@H]3[C@@H]2C(=O)C[C@]2(C)C(=C(C)C#N)CC[C@@H]32)C1. The smallest absolute Gasteiger partial charge is 0.302 e. The number of ketones is 1. The Morgan fingerprint density at radius 2 is 1.93 bits per heavy atom. The summed E-state index contributed by atoms with van der Waals surface area (Å²) < 4.78 is 5.53. The number of rotatable bonds is 1. The van der Waals surface area contributed by atoms with Gasteiger partial charge in [0.2, 0.25) is 0 Å². The van der Waals surface area contributed by atoms with Crippen molar-refractivity contribution in [3.8, 4) is 6.07 Å². The monoisotopic (exact) mass is 383 g/mol. The third kappa shape index (κ3) is 2.77. The van der Waals surface area contributed by atoms with E-state index in [9.17, 15) is 14.9 Å². The van der Waals surface area contributed by atoms with E-state index in [4.69, 9.17) is 4.74 Å². The Bertz CT molecular complexity index is 777. The third-order valence-corrected chi connectivity index (χ3v) is 9.04. The molecular formula is C24H33NO3. The largest absolute Gasteiger partial charge is 0.463 e. The molecule has 0 radical (unpaired) electrons. The Hall–Kier alpha value is -1.63. The predicted octanol–water partition coefficient (Wildman–Crippen LogP) is 4.98. The van der Waals surface area contributed by atoms with E-state index < -0.39 is 0 Å². The zero-order chi connectivity index (χ0) is 20.3. The highest BCUT2D eigenvalue weighted by molar-refractivity contribution is 5.85. The molecule has 0 spiro atoms. The van der Waals surface area contributed by atoms with Crippen LogP contribution in [0.15, 0.2) is 11.1 Å². The number of esters is 1. The van der Waals surface area contributed by atoms with E-state index in [1.165, 1.54) is 12.5 Å². The Kier molecular flexibility index (Phi) is 4.72. The van der Waals surface area contributed by atoms with Crippen molar-refractivity contribution in [3.63, 3.8) is 0 Å². The Morgan fingerprint density at radius 3 is 2.61 bits per heavy atom. The normalized spacial score (nSPS) is 46.7. The van der Waals surface area contributed by atoms with Crippen LogP contribution in [-0.2, 0) is 14.3 Å². The molecule has 152 valence electrons. The first kappa shape index (κ1) is 19.7. The zero-order valence-electron chi connectivity index (χ0n) is 17.7. The van der Waals surface area contributed by atoms with Gasteiger partial charge in [0.25, 0.3) is 0 Å². The third-order valence-electron chi connectivity index (χ3n) is 9.04. The van der Waals surface area contributed by atoms with Crippen LogP contribution < -0.4 is 0 Å². The van der Waals surface area contributed by atoms with Gasteiger partial charge in [-0.2, -0.15) is 5.26 Å². The molecular weight excluding hydrogens is 350 g/mol. The second kappa shape index (κ2) is 6.71. The molecule has 0 amide bonds. The van der Waals surface area contributed by atoms with Gasteiger partial charge >= 0.3 is 5.97 Å². The lowest BCUT2D eigenvalue weighted by atomic mass is 9.44. The van der Waals surface area contributed by atoms with Gasteiger partial charge in [-0.05, 0) is 80.5 Å². The fourth-order valence-corrected chi connectivity index (χ4v) is 7.88. The maximum Gasteiger partial charge on any atom is 0.302 e. The van der Waals surface area contributed by atoms with Crippen LogP contribution in [0.1, 0.15) is 79.1 Å². The topological polar surface area (TPSA) is 67.2 Å². The van der Waals surface area contributed by atoms with Gasteiger partial charge in [0, 0.05) is 24.8 Å². The summed E-state index contributed by atoms with van der Waals surface area (Å²) in [6, 6.07) is 2.35. The number of hydrogen-bond acceptors (Lipinski definition) is 4. The number of ether oxygens (including phenoxy) is 1. The first-order valence-corrected chi connectivity index (χ1v) is 11.0. The Balaban J connectivity index is 1.63. The van der Waals surface area contributed by atoms with E-state index in [-0.39, 0.29) is 28.8 Å². The number of nitriles is 1. The van der Waals surface area contributed by atoms with Gasteiger partial charge in [0.05, 0.1) is 6.07 Å². The Labute approximate surface area is 168 Å². The molecule has 7 atom stereocenters. The van der Waals surface area contributed by atoms with Gasteiger partial charge in [-0.25, -0.2) is 0 Å². The van der Waals surface area contributed by atoms with Crippen molar-refractivity contribution in [3.05, 3.63) is 11.1 Å². The Morgan fingerprint density at radius 1 is 1.18 bits per heavy atom. The summed E-state index contributed by atoms with van der Waals surface area (Å²) in [5, 5.41) is 9.45. The second-order valence-electron chi connectivity index (χ2n) is 10.3. The minimum absolute atomic E-state index is 0.0235.